The van der Waals surface area contributed by atoms with Crippen molar-refractivity contribution < 1.29 is 9.50 Å². The van der Waals surface area contributed by atoms with Crippen LogP contribution in [0.4, 0.5) is 10.1 Å². The summed E-state index contributed by atoms with van der Waals surface area (Å²) in [5.41, 5.74) is 1.26. The minimum absolute atomic E-state index is 0.228. The van der Waals surface area contributed by atoms with Crippen molar-refractivity contribution in [3.8, 4) is 0 Å². The molecule has 2 aliphatic carbocycles. The van der Waals surface area contributed by atoms with Gasteiger partial charge in [0.1, 0.15) is 5.82 Å². The molecule has 0 aromatic heterocycles. The molecule has 1 aromatic carbocycles. The van der Waals surface area contributed by atoms with Crippen LogP contribution in [0.2, 0.25) is 0 Å². The Hall–Kier alpha value is -1.09. The number of nitrogens with zero attached hydrogens (tertiary/aromatic N) is 1. The van der Waals surface area contributed by atoms with Crippen molar-refractivity contribution in [2.75, 3.05) is 18.5 Å². The van der Waals surface area contributed by atoms with Crippen molar-refractivity contribution in [3.05, 3.63) is 29.6 Å². The average Bonchev–Trinajstić information content (AvgIpc) is 3.00. The fourth-order valence-corrected chi connectivity index (χ4v) is 4.31. The molecule has 0 radical (unpaired) electrons. The molecule has 1 N–H and O–H groups in total. The van der Waals surface area contributed by atoms with Crippen LogP contribution in [-0.4, -0.2) is 18.7 Å². The highest BCUT2D eigenvalue weighted by molar-refractivity contribution is 5.55. The summed E-state index contributed by atoms with van der Waals surface area (Å²) in [4.78, 5) is 2.02. The van der Waals surface area contributed by atoms with Crippen LogP contribution in [0.3, 0.4) is 0 Å². The number of fused-ring (bicyclic) bond motifs is 2. The van der Waals surface area contributed by atoms with Gasteiger partial charge < -0.3 is 10.0 Å². The zero-order chi connectivity index (χ0) is 14.3. The molecule has 20 heavy (non-hydrogen) atoms. The number of hydrogen-bond acceptors (Lipinski definition) is 2. The lowest BCUT2D eigenvalue weighted by atomic mass is 9.88. The maximum atomic E-state index is 14.2. The summed E-state index contributed by atoms with van der Waals surface area (Å²) in [6, 6.07) is 4.98. The van der Waals surface area contributed by atoms with Crippen molar-refractivity contribution in [2.24, 2.45) is 17.8 Å². The number of hydrogen-bond donors (Lipinski definition) is 1. The highest BCUT2D eigenvalue weighted by atomic mass is 19.1. The molecule has 3 unspecified atom stereocenters. The summed E-state index contributed by atoms with van der Waals surface area (Å²) >= 11 is 0. The van der Waals surface area contributed by atoms with Crippen LogP contribution in [0.5, 0.6) is 0 Å². The van der Waals surface area contributed by atoms with E-state index in [1.807, 2.05) is 18.0 Å². The second-order valence-electron chi connectivity index (χ2n) is 6.67. The Morgan fingerprint density at radius 2 is 2.15 bits per heavy atom. The predicted molar refractivity (Wildman–Crippen MR) is 79.2 cm³/mol. The molecule has 0 saturated heterocycles. The first-order valence-corrected chi connectivity index (χ1v) is 7.74. The Kier molecular flexibility index (Phi) is 3.72. The van der Waals surface area contributed by atoms with Crippen molar-refractivity contribution in [3.63, 3.8) is 0 Å². The van der Waals surface area contributed by atoms with Gasteiger partial charge >= 0.3 is 0 Å². The topological polar surface area (TPSA) is 23.5 Å². The maximum absolute atomic E-state index is 14.2. The largest absolute Gasteiger partial charge is 0.389 e. The zero-order valence-corrected chi connectivity index (χ0v) is 12.3. The first kappa shape index (κ1) is 13.9. The third kappa shape index (κ3) is 2.44. The van der Waals surface area contributed by atoms with Gasteiger partial charge in [-0.2, -0.15) is 0 Å². The van der Waals surface area contributed by atoms with E-state index in [1.165, 1.54) is 31.7 Å². The Labute approximate surface area is 120 Å². The van der Waals surface area contributed by atoms with E-state index >= 15 is 0 Å². The van der Waals surface area contributed by atoms with Gasteiger partial charge in [-0.1, -0.05) is 18.6 Å². The summed E-state index contributed by atoms with van der Waals surface area (Å²) < 4.78 is 14.2. The van der Waals surface area contributed by atoms with Crippen LogP contribution >= 0.6 is 0 Å². The number of halogens is 1. The number of rotatable bonds is 4. The Bertz CT molecular complexity index is 488. The second-order valence-corrected chi connectivity index (χ2v) is 6.67. The summed E-state index contributed by atoms with van der Waals surface area (Å²) in [7, 11) is 1.95. The predicted octanol–water partition coefficient (Wildman–Crippen LogP) is 3.75. The van der Waals surface area contributed by atoms with E-state index in [0.717, 1.165) is 18.4 Å². The smallest absolute Gasteiger partial charge is 0.146 e. The minimum Gasteiger partial charge on any atom is -0.389 e. The lowest BCUT2D eigenvalue weighted by Gasteiger charge is -2.30. The molecule has 4 atom stereocenters. The van der Waals surface area contributed by atoms with Gasteiger partial charge in [-0.25, -0.2) is 4.39 Å². The second kappa shape index (κ2) is 5.36. The first-order valence-electron chi connectivity index (χ1n) is 7.74. The van der Waals surface area contributed by atoms with E-state index < -0.39 is 6.10 Å². The molecule has 3 heteroatoms. The van der Waals surface area contributed by atoms with Gasteiger partial charge in [0.2, 0.25) is 0 Å². The molecule has 1 aromatic rings. The first-order chi connectivity index (χ1) is 9.56. The highest BCUT2D eigenvalue weighted by Crippen LogP contribution is 2.48. The number of para-hydroxylation sites is 1. The maximum Gasteiger partial charge on any atom is 0.146 e. The van der Waals surface area contributed by atoms with Gasteiger partial charge in [0.25, 0.3) is 0 Å². The van der Waals surface area contributed by atoms with Crippen LogP contribution in [0, 0.1) is 23.6 Å². The molecule has 2 nitrogen and oxygen atoms in total. The molecule has 0 heterocycles. The quantitative estimate of drug-likeness (QED) is 0.906. The van der Waals surface area contributed by atoms with Crippen LogP contribution in [0.1, 0.15) is 44.3 Å². The molecular weight excluding hydrogens is 253 g/mol. The van der Waals surface area contributed by atoms with Crippen molar-refractivity contribution >= 4 is 5.69 Å². The van der Waals surface area contributed by atoms with Gasteiger partial charge in [-0.3, -0.25) is 0 Å². The van der Waals surface area contributed by atoms with Crippen molar-refractivity contribution in [2.45, 2.75) is 38.7 Å². The molecular formula is C17H24FNO. The van der Waals surface area contributed by atoms with E-state index in [2.05, 4.69) is 0 Å². The van der Waals surface area contributed by atoms with E-state index in [1.54, 1.807) is 13.0 Å². The lowest BCUT2D eigenvalue weighted by molar-refractivity contribution is 0.199. The van der Waals surface area contributed by atoms with Gasteiger partial charge in [0.15, 0.2) is 0 Å². The normalized spacial score (nSPS) is 29.7. The van der Waals surface area contributed by atoms with E-state index in [-0.39, 0.29) is 5.82 Å². The summed E-state index contributed by atoms with van der Waals surface area (Å²) in [5.74, 6) is 2.22. The van der Waals surface area contributed by atoms with Crippen LogP contribution in [-0.2, 0) is 0 Å². The van der Waals surface area contributed by atoms with Crippen molar-refractivity contribution in [1.82, 2.24) is 0 Å². The van der Waals surface area contributed by atoms with E-state index in [0.29, 0.717) is 17.2 Å². The Morgan fingerprint density at radius 1 is 1.35 bits per heavy atom. The summed E-state index contributed by atoms with van der Waals surface area (Å²) in [6.07, 6.45) is 4.78. The number of anilines is 1. The minimum atomic E-state index is -0.636. The third-order valence-electron chi connectivity index (χ3n) is 5.24. The monoisotopic (exact) mass is 277 g/mol. The lowest BCUT2D eigenvalue weighted by Crippen LogP contribution is -2.30. The van der Waals surface area contributed by atoms with Crippen LogP contribution in [0.15, 0.2) is 18.2 Å². The summed E-state index contributed by atoms with van der Waals surface area (Å²) in [5, 5.41) is 9.85. The Morgan fingerprint density at radius 3 is 2.75 bits per heavy atom. The molecule has 0 spiro atoms. The van der Waals surface area contributed by atoms with Crippen LogP contribution < -0.4 is 4.90 Å². The number of aliphatic hydroxyl groups excluding tert-OH is 1. The fourth-order valence-electron chi connectivity index (χ4n) is 4.31. The third-order valence-corrected chi connectivity index (χ3v) is 5.24. The number of benzene rings is 1. The van der Waals surface area contributed by atoms with E-state index in [4.69, 9.17) is 0 Å². The van der Waals surface area contributed by atoms with Gasteiger partial charge in [-0.15, -0.1) is 0 Å². The molecule has 3 rings (SSSR count). The van der Waals surface area contributed by atoms with Gasteiger partial charge in [-0.05, 0) is 50.0 Å². The Balaban J connectivity index is 1.78. The zero-order valence-electron chi connectivity index (χ0n) is 12.3. The summed E-state index contributed by atoms with van der Waals surface area (Å²) in [6.45, 7) is 2.60. The SMILES string of the molecule is C[C@H](O)c1cccc(F)c1N(C)CC1CC2CCC1C2. The molecule has 2 fully saturated rings. The van der Waals surface area contributed by atoms with Crippen molar-refractivity contribution in [1.29, 1.82) is 0 Å². The average molecular weight is 277 g/mol. The molecule has 110 valence electrons. The van der Waals surface area contributed by atoms with Gasteiger partial charge in [0, 0.05) is 19.2 Å². The number of aliphatic hydroxyl groups is 1. The molecule has 0 aliphatic heterocycles. The molecule has 2 saturated carbocycles. The highest BCUT2D eigenvalue weighted by Gasteiger charge is 2.40. The van der Waals surface area contributed by atoms with E-state index in [9.17, 15) is 9.50 Å². The fraction of sp³-hybridized carbons (Fsp3) is 0.647. The molecule has 0 amide bonds. The molecule has 2 bridgehead atoms. The molecule has 2 aliphatic rings. The standard InChI is InChI=1S/C17H24FNO/c1-11(20)15-4-3-5-16(18)17(15)19(2)10-14-9-12-6-7-13(14)8-12/h3-5,11-14,20H,6-10H2,1-2H3/t11-,12?,13?,14?/m0/s1. The van der Waals surface area contributed by atoms with Gasteiger partial charge in [0.05, 0.1) is 11.8 Å². The van der Waals surface area contributed by atoms with Crippen LogP contribution in [0.25, 0.3) is 0 Å².